The molecule has 0 spiro atoms. The van der Waals surface area contributed by atoms with Gasteiger partial charge in [0, 0.05) is 17.3 Å². The summed E-state index contributed by atoms with van der Waals surface area (Å²) in [7, 11) is -3.72. The Balaban J connectivity index is 1.58. The minimum atomic E-state index is -3.72. The van der Waals surface area contributed by atoms with Crippen molar-refractivity contribution in [1.82, 2.24) is 0 Å². The Morgan fingerprint density at radius 2 is 1.61 bits per heavy atom. The third kappa shape index (κ3) is 4.80. The number of anilines is 2. The van der Waals surface area contributed by atoms with Crippen LogP contribution in [0.25, 0.3) is 11.1 Å². The molecule has 31 heavy (non-hydrogen) atoms. The molecule has 1 amide bonds. The second-order valence-corrected chi connectivity index (χ2v) is 8.96. The minimum absolute atomic E-state index is 0.332. The summed E-state index contributed by atoms with van der Waals surface area (Å²) in [5, 5.41) is 2.84. The van der Waals surface area contributed by atoms with E-state index in [0.29, 0.717) is 36.1 Å². The Labute approximate surface area is 181 Å². The Bertz CT molecular complexity index is 1200. The number of hydrogen-bond donors (Lipinski definition) is 1. The average molecular weight is 439 g/mol. The van der Waals surface area contributed by atoms with Gasteiger partial charge >= 0.3 is 0 Å². The van der Waals surface area contributed by atoms with Gasteiger partial charge in [-0.25, -0.2) is 8.42 Å². The zero-order valence-electron chi connectivity index (χ0n) is 16.9. The molecule has 0 saturated heterocycles. The van der Waals surface area contributed by atoms with Crippen LogP contribution >= 0.6 is 0 Å². The predicted octanol–water partition coefficient (Wildman–Crippen LogP) is 3.53. The van der Waals surface area contributed by atoms with Crippen molar-refractivity contribution in [3.63, 3.8) is 0 Å². The van der Waals surface area contributed by atoms with Gasteiger partial charge in [0.2, 0.25) is 15.9 Å². The van der Waals surface area contributed by atoms with Crippen LogP contribution in [-0.2, 0) is 14.8 Å². The predicted molar refractivity (Wildman–Crippen MR) is 120 cm³/mol. The molecule has 0 saturated carbocycles. The van der Waals surface area contributed by atoms with Gasteiger partial charge < -0.3 is 14.8 Å². The number of nitrogens with zero attached hydrogens (tertiary/aromatic N) is 1. The van der Waals surface area contributed by atoms with Crippen LogP contribution in [0.3, 0.4) is 0 Å². The third-order valence-corrected chi connectivity index (χ3v) is 5.93. The Hall–Kier alpha value is -3.52. The standard InChI is InChI=1S/C23H22N2O5S/c1-31(27,28)25(18-11-12-21-22(15-18)30-14-13-29-21)16-23(26)24-20-10-6-5-9-19(20)17-7-3-2-4-8-17/h2-12,15H,13-14,16H2,1H3,(H,24,26). The van der Waals surface area contributed by atoms with Gasteiger partial charge in [0.1, 0.15) is 19.8 Å². The molecule has 7 nitrogen and oxygen atoms in total. The molecular weight excluding hydrogens is 416 g/mol. The average Bonchev–Trinajstić information content (AvgIpc) is 2.77. The van der Waals surface area contributed by atoms with Crippen LogP contribution in [0.2, 0.25) is 0 Å². The van der Waals surface area contributed by atoms with Gasteiger partial charge in [-0.3, -0.25) is 9.10 Å². The molecule has 0 radical (unpaired) electrons. The highest BCUT2D eigenvalue weighted by molar-refractivity contribution is 7.92. The summed E-state index contributed by atoms with van der Waals surface area (Å²) < 4.78 is 37.0. The van der Waals surface area contributed by atoms with E-state index in [1.54, 1.807) is 24.3 Å². The van der Waals surface area contributed by atoms with E-state index < -0.39 is 15.9 Å². The lowest BCUT2D eigenvalue weighted by molar-refractivity contribution is -0.114. The molecule has 160 valence electrons. The molecule has 8 heteroatoms. The number of sulfonamides is 1. The summed E-state index contributed by atoms with van der Waals surface area (Å²) in [6, 6.07) is 21.9. The molecule has 3 aromatic rings. The lowest BCUT2D eigenvalue weighted by atomic mass is 10.0. The fourth-order valence-corrected chi connectivity index (χ4v) is 4.22. The topological polar surface area (TPSA) is 84.9 Å². The highest BCUT2D eigenvalue weighted by Crippen LogP contribution is 2.35. The fraction of sp³-hybridized carbons (Fsp3) is 0.174. The van der Waals surface area contributed by atoms with Crippen LogP contribution in [0, 0.1) is 0 Å². The van der Waals surface area contributed by atoms with Crippen molar-refractivity contribution in [3.05, 3.63) is 72.8 Å². The molecule has 0 bridgehead atoms. The molecule has 0 aromatic heterocycles. The summed E-state index contributed by atoms with van der Waals surface area (Å²) in [4.78, 5) is 12.8. The molecule has 1 aliphatic rings. The number of benzene rings is 3. The van der Waals surface area contributed by atoms with E-state index >= 15 is 0 Å². The lowest BCUT2D eigenvalue weighted by Crippen LogP contribution is -2.37. The van der Waals surface area contributed by atoms with Crippen LogP contribution in [0.5, 0.6) is 11.5 Å². The van der Waals surface area contributed by atoms with Crippen molar-refractivity contribution in [3.8, 4) is 22.6 Å². The Morgan fingerprint density at radius 3 is 2.35 bits per heavy atom. The molecule has 0 unspecified atom stereocenters. The zero-order valence-corrected chi connectivity index (χ0v) is 17.8. The summed E-state index contributed by atoms with van der Waals surface area (Å²) in [6.07, 6.45) is 1.06. The van der Waals surface area contributed by atoms with E-state index in [2.05, 4.69) is 5.32 Å². The Kier molecular flexibility index (Phi) is 5.81. The normalized spacial score (nSPS) is 12.8. The molecule has 1 heterocycles. The van der Waals surface area contributed by atoms with Gasteiger partial charge in [-0.2, -0.15) is 0 Å². The summed E-state index contributed by atoms with van der Waals surface area (Å²) in [6.45, 7) is 0.444. The summed E-state index contributed by atoms with van der Waals surface area (Å²) in [5.74, 6) is 0.542. The van der Waals surface area contributed by atoms with E-state index in [0.717, 1.165) is 21.7 Å². The number of ether oxygens (including phenoxy) is 2. The number of nitrogens with one attached hydrogen (secondary N) is 1. The van der Waals surface area contributed by atoms with Gasteiger partial charge in [-0.15, -0.1) is 0 Å². The molecule has 1 N–H and O–H groups in total. The fourth-order valence-electron chi connectivity index (χ4n) is 3.37. The molecule has 0 aliphatic carbocycles. The number of fused-ring (bicyclic) bond motifs is 1. The maximum absolute atomic E-state index is 12.8. The second-order valence-electron chi connectivity index (χ2n) is 7.06. The highest BCUT2D eigenvalue weighted by atomic mass is 32.2. The smallest absolute Gasteiger partial charge is 0.245 e. The molecule has 1 aliphatic heterocycles. The number of rotatable bonds is 6. The first-order valence-electron chi connectivity index (χ1n) is 9.73. The number of para-hydroxylation sites is 1. The van der Waals surface area contributed by atoms with Crippen molar-refractivity contribution in [2.24, 2.45) is 0 Å². The van der Waals surface area contributed by atoms with Crippen LogP contribution in [-0.4, -0.2) is 40.3 Å². The van der Waals surface area contributed by atoms with Crippen molar-refractivity contribution in [1.29, 1.82) is 0 Å². The first-order chi connectivity index (χ1) is 14.9. The van der Waals surface area contributed by atoms with E-state index in [4.69, 9.17) is 9.47 Å². The molecular formula is C23H22N2O5S. The lowest BCUT2D eigenvalue weighted by Gasteiger charge is -2.25. The monoisotopic (exact) mass is 438 g/mol. The van der Waals surface area contributed by atoms with Crippen LogP contribution in [0.1, 0.15) is 0 Å². The first kappa shape index (κ1) is 20.7. The Morgan fingerprint density at radius 1 is 0.935 bits per heavy atom. The molecule has 0 fully saturated rings. The van der Waals surface area contributed by atoms with Crippen LogP contribution in [0.15, 0.2) is 72.8 Å². The van der Waals surface area contributed by atoms with Gasteiger partial charge in [0.15, 0.2) is 11.5 Å². The van der Waals surface area contributed by atoms with Gasteiger partial charge in [-0.05, 0) is 23.8 Å². The molecule has 4 rings (SSSR count). The summed E-state index contributed by atoms with van der Waals surface area (Å²) >= 11 is 0. The van der Waals surface area contributed by atoms with Crippen molar-refractivity contribution < 1.29 is 22.7 Å². The maximum Gasteiger partial charge on any atom is 0.245 e. The third-order valence-electron chi connectivity index (χ3n) is 4.79. The maximum atomic E-state index is 12.8. The number of carbonyl (C=O) groups excluding carboxylic acids is 1. The first-order valence-corrected chi connectivity index (χ1v) is 11.6. The highest BCUT2D eigenvalue weighted by Gasteiger charge is 2.23. The van der Waals surface area contributed by atoms with Crippen molar-refractivity contribution >= 4 is 27.3 Å². The van der Waals surface area contributed by atoms with Crippen LogP contribution in [0.4, 0.5) is 11.4 Å². The largest absolute Gasteiger partial charge is 0.486 e. The van der Waals surface area contributed by atoms with E-state index in [9.17, 15) is 13.2 Å². The van der Waals surface area contributed by atoms with Gasteiger partial charge in [0.05, 0.1) is 11.9 Å². The van der Waals surface area contributed by atoms with E-state index in [-0.39, 0.29) is 6.54 Å². The quantitative estimate of drug-likeness (QED) is 0.636. The van der Waals surface area contributed by atoms with Crippen LogP contribution < -0.4 is 19.1 Å². The van der Waals surface area contributed by atoms with Gasteiger partial charge in [0.25, 0.3) is 0 Å². The molecule has 3 aromatic carbocycles. The number of hydrogen-bond acceptors (Lipinski definition) is 5. The minimum Gasteiger partial charge on any atom is -0.486 e. The number of amides is 1. The van der Waals surface area contributed by atoms with E-state index in [1.807, 2.05) is 48.5 Å². The summed E-state index contributed by atoms with van der Waals surface area (Å²) in [5.41, 5.74) is 2.74. The van der Waals surface area contributed by atoms with Gasteiger partial charge in [-0.1, -0.05) is 48.5 Å². The van der Waals surface area contributed by atoms with E-state index in [1.165, 1.54) is 0 Å². The second kappa shape index (κ2) is 8.69. The van der Waals surface area contributed by atoms with Crippen molar-refractivity contribution in [2.75, 3.05) is 35.6 Å². The SMILES string of the molecule is CS(=O)(=O)N(CC(=O)Nc1ccccc1-c1ccccc1)c1ccc2c(c1)OCCO2. The number of carbonyl (C=O) groups is 1. The molecule has 0 atom stereocenters. The zero-order chi connectivity index (χ0) is 21.8. The van der Waals surface area contributed by atoms with Crippen molar-refractivity contribution in [2.45, 2.75) is 0 Å².